The minimum absolute atomic E-state index is 0.0576. The Morgan fingerprint density at radius 3 is 0.874 bits per heavy atom. The highest BCUT2D eigenvalue weighted by Gasteiger charge is 2.26. The first-order chi connectivity index (χ1) is 42.8. The van der Waals surface area contributed by atoms with E-state index in [-0.39, 0.29) is 38.6 Å². The maximum absolute atomic E-state index is 12.8. The fourth-order valence-corrected chi connectivity index (χ4v) is 12.9. The molecule has 0 aliphatic rings. The van der Waals surface area contributed by atoms with Crippen LogP contribution in [0.25, 0.3) is 0 Å². The fourth-order valence-electron chi connectivity index (χ4n) is 12.1. The average Bonchev–Trinajstić information content (AvgIpc) is 3.65. The van der Waals surface area contributed by atoms with Crippen LogP contribution in [0.2, 0.25) is 0 Å². The summed E-state index contributed by atoms with van der Waals surface area (Å²) < 4.78 is 33.3. The van der Waals surface area contributed by atoms with Gasteiger partial charge in [-0.05, 0) is 44.9 Å². The number of rotatable bonds is 75. The molecule has 0 spiro atoms. The Kier molecular flexibility index (Phi) is 72.3. The van der Waals surface area contributed by atoms with E-state index >= 15 is 0 Å². The van der Waals surface area contributed by atoms with Crippen LogP contribution < -0.4 is 5.73 Å². The minimum atomic E-state index is -4.39. The maximum Gasteiger partial charge on any atom is 0.472 e. The number of unbranched alkanes of at least 4 members (excludes halogenated alkanes) is 58. The van der Waals surface area contributed by atoms with Gasteiger partial charge >= 0.3 is 19.8 Å². The van der Waals surface area contributed by atoms with Crippen LogP contribution in [0.5, 0.6) is 0 Å². The molecule has 2 unspecified atom stereocenters. The predicted molar refractivity (Wildman–Crippen MR) is 377 cm³/mol. The Morgan fingerprint density at radius 2 is 0.598 bits per heavy atom. The number of hydrogen-bond acceptors (Lipinski definition) is 8. The number of carbonyl (C=O) groups is 2. The molecule has 0 rings (SSSR count). The summed E-state index contributed by atoms with van der Waals surface area (Å²) in [5, 5.41) is 0. The van der Waals surface area contributed by atoms with Crippen molar-refractivity contribution in [2.45, 2.75) is 431 Å². The van der Waals surface area contributed by atoms with E-state index in [1.54, 1.807) is 0 Å². The van der Waals surface area contributed by atoms with Crippen LogP contribution in [0, 0.1) is 0 Å². The molecule has 0 saturated carbocycles. The molecule has 0 aromatic carbocycles. The molecule has 2 atom stereocenters. The van der Waals surface area contributed by atoms with E-state index in [0.717, 1.165) is 38.5 Å². The molecule has 0 aromatic rings. The number of phosphoric ester groups is 1. The average molecular weight is 1250 g/mol. The molecule has 9 nitrogen and oxygen atoms in total. The second-order valence-corrected chi connectivity index (χ2v) is 28.0. The first-order valence-electron chi connectivity index (χ1n) is 38.8. The minimum Gasteiger partial charge on any atom is -0.462 e. The summed E-state index contributed by atoms with van der Waals surface area (Å²) in [5.41, 5.74) is 5.41. The molecule has 0 amide bonds. The zero-order valence-corrected chi connectivity index (χ0v) is 59.2. The van der Waals surface area contributed by atoms with E-state index in [2.05, 4.69) is 38.2 Å². The van der Waals surface area contributed by atoms with Crippen molar-refractivity contribution in [2.75, 3.05) is 26.4 Å². The molecule has 0 aliphatic carbocycles. The number of carbonyl (C=O) groups excluding carboxylic acids is 2. The number of nitrogens with two attached hydrogens (primary N) is 1. The Labute approximate surface area is 542 Å². The zero-order valence-electron chi connectivity index (χ0n) is 58.3. The third kappa shape index (κ3) is 73.4. The lowest BCUT2D eigenvalue weighted by molar-refractivity contribution is -0.161. The molecule has 10 heteroatoms. The van der Waals surface area contributed by atoms with Gasteiger partial charge in [0.15, 0.2) is 6.10 Å². The number of allylic oxidation sites excluding steroid dienone is 4. The Morgan fingerprint density at radius 1 is 0.345 bits per heavy atom. The number of phosphoric acid groups is 1. The highest BCUT2D eigenvalue weighted by Crippen LogP contribution is 2.43. The van der Waals surface area contributed by atoms with Gasteiger partial charge in [-0.15, -0.1) is 0 Å². The standard InChI is InChI=1S/C77H150NO8P/c1-3-5-7-9-11-13-15-17-19-21-23-25-27-29-31-33-34-35-36-37-38-39-40-42-44-46-48-50-52-54-56-58-60-62-64-66-68-70-77(80)86-75(74-85-87(81,82)84-72-71-78)73-83-76(79)69-67-65-63-61-59-57-55-53-51-49-47-45-43-41-32-30-28-26-24-22-20-18-16-14-12-10-8-6-4-2/h15,17,21,23,75H,3-14,16,18-20,22,24-74,78H2,1-2H3,(H,81,82)/b17-15-,23-21-. The van der Waals surface area contributed by atoms with Gasteiger partial charge in [-0.3, -0.25) is 18.6 Å². The van der Waals surface area contributed by atoms with Gasteiger partial charge in [0, 0.05) is 19.4 Å². The van der Waals surface area contributed by atoms with Gasteiger partial charge in [0.1, 0.15) is 6.61 Å². The first kappa shape index (κ1) is 85.5. The van der Waals surface area contributed by atoms with Crippen molar-refractivity contribution in [1.82, 2.24) is 0 Å². The van der Waals surface area contributed by atoms with Crippen molar-refractivity contribution in [3.05, 3.63) is 24.3 Å². The summed E-state index contributed by atoms with van der Waals surface area (Å²) in [6.45, 7) is 3.83. The molecule has 3 N–H and O–H groups in total. The summed E-state index contributed by atoms with van der Waals surface area (Å²) in [6, 6.07) is 0. The first-order valence-corrected chi connectivity index (χ1v) is 40.3. The van der Waals surface area contributed by atoms with Gasteiger partial charge in [0.25, 0.3) is 0 Å². The Bertz CT molecular complexity index is 1470. The third-order valence-electron chi connectivity index (χ3n) is 17.8. The van der Waals surface area contributed by atoms with Gasteiger partial charge in [-0.25, -0.2) is 4.57 Å². The second-order valence-electron chi connectivity index (χ2n) is 26.6. The Hall–Kier alpha value is -1.51. The smallest absolute Gasteiger partial charge is 0.462 e. The highest BCUT2D eigenvalue weighted by atomic mass is 31.2. The molecular weight excluding hydrogens is 1100 g/mol. The summed E-state index contributed by atoms with van der Waals surface area (Å²) in [7, 11) is -4.39. The van der Waals surface area contributed by atoms with Crippen LogP contribution in [0.3, 0.4) is 0 Å². The van der Waals surface area contributed by atoms with E-state index in [1.165, 1.54) is 353 Å². The van der Waals surface area contributed by atoms with Gasteiger partial charge in [0.05, 0.1) is 13.2 Å². The molecule has 0 saturated heterocycles. The van der Waals surface area contributed by atoms with Gasteiger partial charge in [-0.1, -0.05) is 391 Å². The fraction of sp³-hybridized carbons (Fsp3) is 0.922. The van der Waals surface area contributed by atoms with Crippen molar-refractivity contribution in [1.29, 1.82) is 0 Å². The predicted octanol–water partition coefficient (Wildman–Crippen LogP) is 25.7. The van der Waals surface area contributed by atoms with Crippen molar-refractivity contribution in [3.8, 4) is 0 Å². The van der Waals surface area contributed by atoms with Crippen molar-refractivity contribution < 1.29 is 37.6 Å². The van der Waals surface area contributed by atoms with Crippen molar-refractivity contribution in [2.24, 2.45) is 5.73 Å². The van der Waals surface area contributed by atoms with Crippen LogP contribution >= 0.6 is 7.82 Å². The lowest BCUT2D eigenvalue weighted by Gasteiger charge is -2.19. The maximum atomic E-state index is 12.8. The van der Waals surface area contributed by atoms with E-state index < -0.39 is 26.5 Å². The highest BCUT2D eigenvalue weighted by molar-refractivity contribution is 7.47. The summed E-state index contributed by atoms with van der Waals surface area (Å²) >= 11 is 0. The van der Waals surface area contributed by atoms with Crippen LogP contribution in [0.4, 0.5) is 0 Å². The Balaban J connectivity index is 3.75. The topological polar surface area (TPSA) is 134 Å². The quantitative estimate of drug-likeness (QED) is 0.0264. The summed E-state index contributed by atoms with van der Waals surface area (Å²) in [5.74, 6) is -0.798. The molecule has 0 heterocycles. The second kappa shape index (κ2) is 73.5. The van der Waals surface area contributed by atoms with Crippen LogP contribution in [0.1, 0.15) is 425 Å². The number of hydrogen-bond donors (Lipinski definition) is 2. The van der Waals surface area contributed by atoms with Gasteiger partial charge < -0.3 is 20.1 Å². The zero-order chi connectivity index (χ0) is 63.0. The molecule has 0 aliphatic heterocycles. The lowest BCUT2D eigenvalue weighted by atomic mass is 10.0. The molecule has 516 valence electrons. The van der Waals surface area contributed by atoms with Crippen LogP contribution in [-0.2, 0) is 32.7 Å². The van der Waals surface area contributed by atoms with Crippen LogP contribution in [0.15, 0.2) is 24.3 Å². The molecule has 0 radical (unpaired) electrons. The third-order valence-corrected chi connectivity index (χ3v) is 18.8. The molecule has 0 bridgehead atoms. The van der Waals surface area contributed by atoms with Crippen molar-refractivity contribution in [3.63, 3.8) is 0 Å². The van der Waals surface area contributed by atoms with Gasteiger partial charge in [0.2, 0.25) is 0 Å². The number of esters is 2. The summed E-state index contributed by atoms with van der Waals surface area (Å²) in [4.78, 5) is 35.4. The van der Waals surface area contributed by atoms with E-state index in [4.69, 9.17) is 24.3 Å². The normalized spacial score (nSPS) is 12.9. The molecule has 0 fully saturated rings. The van der Waals surface area contributed by atoms with E-state index in [0.29, 0.717) is 6.42 Å². The van der Waals surface area contributed by atoms with Gasteiger partial charge in [-0.2, -0.15) is 0 Å². The largest absolute Gasteiger partial charge is 0.472 e. The molecule has 0 aromatic heterocycles. The van der Waals surface area contributed by atoms with E-state index in [1.807, 2.05) is 0 Å². The SMILES string of the molecule is CCCCCCC/C=C\C/C=C\CCCCCCCCCCCCCCCCCCCCCCCCCCCC(=O)OC(COC(=O)CCCCCCCCCCCCCCCCCCCCCCCCCCCCCCC)COP(=O)(O)OCCN. The van der Waals surface area contributed by atoms with Crippen molar-refractivity contribution >= 4 is 19.8 Å². The molecular formula is C77H150NO8P. The number of ether oxygens (including phenoxy) is 2. The lowest BCUT2D eigenvalue weighted by Crippen LogP contribution is -2.29. The summed E-state index contributed by atoms with van der Waals surface area (Å²) in [6.07, 6.45) is 91.7. The molecule has 87 heavy (non-hydrogen) atoms. The monoisotopic (exact) mass is 1250 g/mol. The van der Waals surface area contributed by atoms with Crippen LogP contribution in [-0.4, -0.2) is 49.3 Å². The van der Waals surface area contributed by atoms with E-state index in [9.17, 15) is 19.0 Å².